The lowest BCUT2D eigenvalue weighted by Crippen LogP contribution is -2.36. The monoisotopic (exact) mass is 351 g/mol. The van der Waals surface area contributed by atoms with Gasteiger partial charge in [0.15, 0.2) is 11.6 Å². The molecule has 1 heterocycles. The number of ether oxygens (including phenoxy) is 1. The van der Waals surface area contributed by atoms with Gasteiger partial charge in [0.25, 0.3) is 0 Å². The molecule has 2 aromatic rings. The third kappa shape index (κ3) is 4.20. The van der Waals surface area contributed by atoms with Gasteiger partial charge in [0, 0.05) is 29.2 Å². The van der Waals surface area contributed by atoms with Gasteiger partial charge in [-0.25, -0.2) is 0 Å². The molecule has 4 heteroatoms. The summed E-state index contributed by atoms with van der Waals surface area (Å²) < 4.78 is 5.45. The van der Waals surface area contributed by atoms with Crippen LogP contribution in [0.5, 0.6) is 5.75 Å². The standard InChI is InChI=1S/C22H25NO3/c1-16(24)19-8-9-21(26-2)20(14-19)15-23-12-10-18(11-13-23)22(25)17-6-4-3-5-7-17/h3-9,14,18H,10-13,15H2,1-2H3. The largest absolute Gasteiger partial charge is 0.496 e. The van der Waals surface area contributed by atoms with E-state index in [4.69, 9.17) is 4.74 Å². The van der Waals surface area contributed by atoms with Crippen molar-refractivity contribution in [2.75, 3.05) is 20.2 Å². The average Bonchev–Trinajstić information content (AvgIpc) is 2.68. The molecule has 0 amide bonds. The number of Topliss-reactive ketones (excluding diaryl/α,β-unsaturated/α-hetero) is 2. The van der Waals surface area contributed by atoms with Crippen LogP contribution in [0.15, 0.2) is 48.5 Å². The number of hydrogen-bond acceptors (Lipinski definition) is 4. The highest BCUT2D eigenvalue weighted by Gasteiger charge is 2.26. The van der Waals surface area contributed by atoms with Crippen molar-refractivity contribution in [3.63, 3.8) is 0 Å². The maximum absolute atomic E-state index is 12.6. The summed E-state index contributed by atoms with van der Waals surface area (Å²) in [5.41, 5.74) is 2.53. The summed E-state index contributed by atoms with van der Waals surface area (Å²) in [7, 11) is 1.65. The molecule has 2 aromatic carbocycles. The predicted molar refractivity (Wildman–Crippen MR) is 102 cm³/mol. The highest BCUT2D eigenvalue weighted by Crippen LogP contribution is 2.26. The number of benzene rings is 2. The van der Waals surface area contributed by atoms with Gasteiger partial charge in [-0.1, -0.05) is 30.3 Å². The van der Waals surface area contributed by atoms with E-state index in [0.29, 0.717) is 5.56 Å². The SMILES string of the molecule is COc1ccc(C(C)=O)cc1CN1CCC(C(=O)c2ccccc2)CC1. The van der Waals surface area contributed by atoms with Crippen LogP contribution in [0.1, 0.15) is 46.0 Å². The second-order valence-electron chi connectivity index (χ2n) is 6.86. The molecule has 1 aliphatic heterocycles. The molecular weight excluding hydrogens is 326 g/mol. The topological polar surface area (TPSA) is 46.6 Å². The number of piperidine rings is 1. The number of hydrogen-bond donors (Lipinski definition) is 0. The number of rotatable bonds is 6. The fourth-order valence-corrected chi connectivity index (χ4v) is 3.55. The average molecular weight is 351 g/mol. The molecule has 1 fully saturated rings. The molecular formula is C22H25NO3. The smallest absolute Gasteiger partial charge is 0.166 e. The van der Waals surface area contributed by atoms with Crippen molar-refractivity contribution in [3.8, 4) is 5.75 Å². The maximum atomic E-state index is 12.6. The number of nitrogens with zero attached hydrogens (tertiary/aromatic N) is 1. The summed E-state index contributed by atoms with van der Waals surface area (Å²) in [6.45, 7) is 4.05. The molecule has 0 bridgehead atoms. The molecule has 0 atom stereocenters. The lowest BCUT2D eigenvalue weighted by atomic mass is 9.88. The minimum absolute atomic E-state index is 0.0565. The van der Waals surface area contributed by atoms with Gasteiger partial charge in [0.05, 0.1) is 7.11 Å². The Kier molecular flexibility index (Phi) is 5.84. The molecule has 0 N–H and O–H groups in total. The molecule has 0 spiro atoms. The first-order valence-electron chi connectivity index (χ1n) is 9.08. The Morgan fingerprint density at radius 3 is 2.35 bits per heavy atom. The molecule has 0 unspecified atom stereocenters. The predicted octanol–water partition coefficient (Wildman–Crippen LogP) is 3.99. The van der Waals surface area contributed by atoms with E-state index in [0.717, 1.165) is 49.4 Å². The van der Waals surface area contributed by atoms with E-state index >= 15 is 0 Å². The van der Waals surface area contributed by atoms with Crippen LogP contribution in [0.25, 0.3) is 0 Å². The van der Waals surface area contributed by atoms with E-state index in [1.807, 2.05) is 42.5 Å². The summed E-state index contributed by atoms with van der Waals surface area (Å²) in [5, 5.41) is 0. The molecule has 1 aliphatic rings. The quantitative estimate of drug-likeness (QED) is 0.738. The second kappa shape index (κ2) is 8.28. The zero-order chi connectivity index (χ0) is 18.5. The van der Waals surface area contributed by atoms with E-state index in [9.17, 15) is 9.59 Å². The highest BCUT2D eigenvalue weighted by molar-refractivity contribution is 5.97. The van der Waals surface area contributed by atoms with Crippen molar-refractivity contribution in [3.05, 3.63) is 65.2 Å². The zero-order valence-electron chi connectivity index (χ0n) is 15.4. The minimum atomic E-state index is 0.0565. The Morgan fingerprint density at radius 1 is 1.04 bits per heavy atom. The molecule has 0 aromatic heterocycles. The summed E-state index contributed by atoms with van der Waals surface area (Å²) in [6.07, 6.45) is 1.73. The van der Waals surface area contributed by atoms with Gasteiger partial charge in [-0.3, -0.25) is 14.5 Å². The van der Waals surface area contributed by atoms with Gasteiger partial charge in [-0.05, 0) is 51.1 Å². The van der Waals surface area contributed by atoms with Crippen LogP contribution in [0.2, 0.25) is 0 Å². The van der Waals surface area contributed by atoms with E-state index in [1.54, 1.807) is 20.1 Å². The Balaban J connectivity index is 1.63. The molecule has 0 radical (unpaired) electrons. The zero-order valence-corrected chi connectivity index (χ0v) is 15.4. The fraction of sp³-hybridized carbons (Fsp3) is 0.364. The first-order chi connectivity index (χ1) is 12.6. The molecule has 1 saturated heterocycles. The van der Waals surface area contributed by atoms with Crippen LogP contribution < -0.4 is 4.74 Å². The second-order valence-corrected chi connectivity index (χ2v) is 6.86. The Morgan fingerprint density at radius 2 is 1.73 bits per heavy atom. The number of methoxy groups -OCH3 is 1. The number of carbonyl (C=O) groups excluding carboxylic acids is 2. The van der Waals surface area contributed by atoms with E-state index < -0.39 is 0 Å². The first kappa shape index (κ1) is 18.3. The maximum Gasteiger partial charge on any atom is 0.166 e. The van der Waals surface area contributed by atoms with Gasteiger partial charge in [-0.15, -0.1) is 0 Å². The number of likely N-dealkylation sites (tertiary alicyclic amines) is 1. The van der Waals surface area contributed by atoms with E-state index in [-0.39, 0.29) is 17.5 Å². The van der Waals surface area contributed by atoms with Crippen LogP contribution in [0, 0.1) is 5.92 Å². The van der Waals surface area contributed by atoms with Crippen molar-refractivity contribution in [2.24, 2.45) is 5.92 Å². The lowest BCUT2D eigenvalue weighted by Gasteiger charge is -2.31. The van der Waals surface area contributed by atoms with Gasteiger partial charge < -0.3 is 4.74 Å². The van der Waals surface area contributed by atoms with Crippen LogP contribution >= 0.6 is 0 Å². The van der Waals surface area contributed by atoms with E-state index in [2.05, 4.69) is 4.90 Å². The summed E-state index contributed by atoms with van der Waals surface area (Å²) in [5.74, 6) is 1.21. The van der Waals surface area contributed by atoms with Crippen molar-refractivity contribution >= 4 is 11.6 Å². The Labute approximate surface area is 154 Å². The highest BCUT2D eigenvalue weighted by atomic mass is 16.5. The van der Waals surface area contributed by atoms with Crippen molar-refractivity contribution in [2.45, 2.75) is 26.3 Å². The number of carbonyl (C=O) groups is 2. The molecule has 0 saturated carbocycles. The first-order valence-corrected chi connectivity index (χ1v) is 9.08. The summed E-state index contributed by atoms with van der Waals surface area (Å²) >= 11 is 0. The van der Waals surface area contributed by atoms with Crippen molar-refractivity contribution in [1.29, 1.82) is 0 Å². The third-order valence-electron chi connectivity index (χ3n) is 5.10. The third-order valence-corrected chi connectivity index (χ3v) is 5.10. The van der Waals surface area contributed by atoms with Crippen LogP contribution in [-0.4, -0.2) is 36.7 Å². The molecule has 136 valence electrons. The van der Waals surface area contributed by atoms with E-state index in [1.165, 1.54) is 0 Å². The summed E-state index contributed by atoms with van der Waals surface area (Å²) in [4.78, 5) is 26.6. The summed E-state index contributed by atoms with van der Waals surface area (Å²) in [6, 6.07) is 15.1. The van der Waals surface area contributed by atoms with Gasteiger partial charge in [0.1, 0.15) is 5.75 Å². The van der Waals surface area contributed by atoms with Gasteiger partial charge >= 0.3 is 0 Å². The minimum Gasteiger partial charge on any atom is -0.496 e. The Hall–Kier alpha value is -2.46. The molecule has 26 heavy (non-hydrogen) atoms. The van der Waals surface area contributed by atoms with Crippen molar-refractivity contribution < 1.29 is 14.3 Å². The van der Waals surface area contributed by atoms with Crippen LogP contribution in [-0.2, 0) is 6.54 Å². The van der Waals surface area contributed by atoms with Crippen LogP contribution in [0.3, 0.4) is 0 Å². The molecule has 3 rings (SSSR count). The fourth-order valence-electron chi connectivity index (χ4n) is 3.55. The van der Waals surface area contributed by atoms with Crippen LogP contribution in [0.4, 0.5) is 0 Å². The molecule has 0 aliphatic carbocycles. The van der Waals surface area contributed by atoms with Gasteiger partial charge in [-0.2, -0.15) is 0 Å². The van der Waals surface area contributed by atoms with Gasteiger partial charge in [0.2, 0.25) is 0 Å². The normalized spacial score (nSPS) is 15.6. The van der Waals surface area contributed by atoms with Crippen molar-refractivity contribution in [1.82, 2.24) is 4.90 Å². The molecule has 4 nitrogen and oxygen atoms in total. The Bertz CT molecular complexity index is 777. The lowest BCUT2D eigenvalue weighted by molar-refractivity contribution is 0.0833. The number of ketones is 2.